The summed E-state index contributed by atoms with van der Waals surface area (Å²) in [4.78, 5) is 13.5. The number of ether oxygens (including phenoxy) is 6. The number of hydrogen-bond acceptors (Lipinski definition) is 7. The van der Waals surface area contributed by atoms with E-state index in [-0.39, 0.29) is 5.78 Å². The fourth-order valence-corrected chi connectivity index (χ4v) is 4.11. The third kappa shape index (κ3) is 5.30. The van der Waals surface area contributed by atoms with Crippen molar-refractivity contribution in [1.29, 1.82) is 0 Å². The van der Waals surface area contributed by atoms with E-state index in [0.717, 1.165) is 35.1 Å². The summed E-state index contributed by atoms with van der Waals surface area (Å²) in [6, 6.07) is 7.37. The minimum absolute atomic E-state index is 0.0278. The second kappa shape index (κ2) is 11.5. The number of hydrogen-bond donors (Lipinski definition) is 0. The zero-order chi connectivity index (χ0) is 24.7. The number of rotatable bonds is 8. The van der Waals surface area contributed by atoms with Gasteiger partial charge in [-0.2, -0.15) is 0 Å². The molecule has 1 aliphatic rings. The maximum atomic E-state index is 13.5. The first-order chi connectivity index (χ1) is 16.5. The van der Waals surface area contributed by atoms with E-state index < -0.39 is 0 Å². The van der Waals surface area contributed by atoms with Crippen LogP contribution in [0.5, 0.6) is 34.5 Å². The van der Waals surface area contributed by atoms with Gasteiger partial charge in [0, 0.05) is 11.1 Å². The third-order valence-corrected chi connectivity index (χ3v) is 5.78. The Morgan fingerprint density at radius 1 is 0.559 bits per heavy atom. The van der Waals surface area contributed by atoms with Crippen molar-refractivity contribution in [1.82, 2.24) is 0 Å². The Morgan fingerprint density at radius 2 is 0.882 bits per heavy atom. The number of carbonyl (C=O) groups is 1. The van der Waals surface area contributed by atoms with Crippen LogP contribution in [0.1, 0.15) is 36.8 Å². The molecule has 0 N–H and O–H groups in total. The van der Waals surface area contributed by atoms with E-state index in [4.69, 9.17) is 28.4 Å². The first-order valence-electron chi connectivity index (χ1n) is 11.0. The van der Waals surface area contributed by atoms with Gasteiger partial charge in [0.25, 0.3) is 0 Å². The number of benzene rings is 2. The monoisotopic (exact) mass is 468 g/mol. The molecule has 1 aliphatic carbocycles. The van der Waals surface area contributed by atoms with E-state index in [1.807, 2.05) is 36.4 Å². The number of methoxy groups -OCH3 is 6. The molecule has 3 rings (SSSR count). The molecule has 0 aromatic heterocycles. The fraction of sp³-hybridized carbons (Fsp3) is 0.370. The molecule has 0 atom stereocenters. The molecule has 0 unspecified atom stereocenters. The van der Waals surface area contributed by atoms with Gasteiger partial charge in [0.05, 0.1) is 42.7 Å². The lowest BCUT2D eigenvalue weighted by Gasteiger charge is -2.14. The Bertz CT molecular complexity index is 963. The van der Waals surface area contributed by atoms with E-state index >= 15 is 0 Å². The molecule has 0 heterocycles. The zero-order valence-corrected chi connectivity index (χ0v) is 20.7. The lowest BCUT2D eigenvalue weighted by Crippen LogP contribution is -2.04. The first-order valence-corrected chi connectivity index (χ1v) is 11.0. The molecule has 1 fully saturated rings. The molecule has 0 saturated heterocycles. The summed E-state index contributed by atoms with van der Waals surface area (Å²) in [7, 11) is 9.42. The second-order valence-corrected chi connectivity index (χ2v) is 7.79. The largest absolute Gasteiger partial charge is 0.493 e. The minimum Gasteiger partial charge on any atom is -0.493 e. The first kappa shape index (κ1) is 25.0. The topological polar surface area (TPSA) is 72.5 Å². The van der Waals surface area contributed by atoms with Crippen LogP contribution in [0.3, 0.4) is 0 Å². The molecule has 0 spiro atoms. The molecule has 182 valence electrons. The Balaban J connectivity index is 2.02. The average Bonchev–Trinajstić information content (AvgIpc) is 3.03. The van der Waals surface area contributed by atoms with Crippen LogP contribution in [0.15, 0.2) is 35.4 Å². The van der Waals surface area contributed by atoms with Crippen molar-refractivity contribution in [2.75, 3.05) is 42.7 Å². The van der Waals surface area contributed by atoms with Crippen LogP contribution >= 0.6 is 0 Å². The second-order valence-electron chi connectivity index (χ2n) is 7.79. The Hall–Kier alpha value is -3.61. The molecule has 0 bridgehead atoms. The lowest BCUT2D eigenvalue weighted by atomic mass is 9.97. The molecule has 0 radical (unpaired) electrons. The van der Waals surface area contributed by atoms with Crippen molar-refractivity contribution in [2.24, 2.45) is 0 Å². The highest BCUT2D eigenvalue weighted by molar-refractivity contribution is 6.13. The lowest BCUT2D eigenvalue weighted by molar-refractivity contribution is -0.112. The Kier molecular flexibility index (Phi) is 8.46. The van der Waals surface area contributed by atoms with Gasteiger partial charge in [-0.3, -0.25) is 4.79 Å². The normalized spacial score (nSPS) is 16.2. The highest BCUT2D eigenvalue weighted by Crippen LogP contribution is 2.41. The van der Waals surface area contributed by atoms with Gasteiger partial charge in [-0.15, -0.1) is 0 Å². The van der Waals surface area contributed by atoms with Gasteiger partial charge >= 0.3 is 0 Å². The SMILES string of the molecule is COc1cc(/C=C2\CCCC/C(=C\c3cc(OC)c(OC)c(OC)c3)C2=O)cc(OC)c1OC. The van der Waals surface area contributed by atoms with Crippen LogP contribution in [0, 0.1) is 0 Å². The number of carbonyl (C=O) groups excluding carboxylic acids is 1. The van der Waals surface area contributed by atoms with Crippen LogP contribution in [0.2, 0.25) is 0 Å². The van der Waals surface area contributed by atoms with E-state index in [1.165, 1.54) is 0 Å². The molecule has 7 heteroatoms. The van der Waals surface area contributed by atoms with E-state index in [2.05, 4.69) is 0 Å². The van der Waals surface area contributed by atoms with Crippen molar-refractivity contribution in [3.05, 3.63) is 46.5 Å². The molecule has 0 amide bonds. The summed E-state index contributed by atoms with van der Waals surface area (Å²) in [5.41, 5.74) is 3.11. The zero-order valence-electron chi connectivity index (χ0n) is 20.7. The quantitative estimate of drug-likeness (QED) is 0.382. The standard InChI is InChI=1S/C27H32O7/c1-29-21-13-17(14-22(30-2)26(21)33-5)11-19-9-7-8-10-20(25(19)28)12-18-15-23(31-3)27(34-6)24(16-18)32-4/h11-16H,7-10H2,1-6H3/b19-11+,20-12+. The van der Waals surface area contributed by atoms with E-state index in [0.29, 0.717) is 47.3 Å². The summed E-state index contributed by atoms with van der Waals surface area (Å²) in [6.45, 7) is 0. The number of Topliss-reactive ketones (excluding diaryl/α,β-unsaturated/α-hetero) is 1. The minimum atomic E-state index is 0.0278. The van der Waals surface area contributed by atoms with Crippen LogP contribution in [-0.2, 0) is 4.79 Å². The van der Waals surface area contributed by atoms with Crippen molar-refractivity contribution < 1.29 is 33.2 Å². The van der Waals surface area contributed by atoms with Crippen molar-refractivity contribution in [3.8, 4) is 34.5 Å². The summed E-state index contributed by atoms with van der Waals surface area (Å²) in [5, 5.41) is 0. The van der Waals surface area contributed by atoms with Crippen molar-refractivity contribution >= 4 is 17.9 Å². The van der Waals surface area contributed by atoms with Crippen LogP contribution in [0.4, 0.5) is 0 Å². The summed E-state index contributed by atoms with van der Waals surface area (Å²) in [5.74, 6) is 3.24. The van der Waals surface area contributed by atoms with Crippen LogP contribution in [-0.4, -0.2) is 48.4 Å². The molecule has 1 saturated carbocycles. The number of ketones is 1. The average molecular weight is 469 g/mol. The van der Waals surface area contributed by atoms with E-state index in [1.54, 1.807) is 42.7 Å². The Labute approximate surface area is 200 Å². The fourth-order valence-electron chi connectivity index (χ4n) is 4.11. The van der Waals surface area contributed by atoms with Crippen molar-refractivity contribution in [3.63, 3.8) is 0 Å². The summed E-state index contributed by atoms with van der Waals surface area (Å²) < 4.78 is 32.6. The van der Waals surface area contributed by atoms with Gasteiger partial charge in [0.2, 0.25) is 11.5 Å². The highest BCUT2D eigenvalue weighted by Gasteiger charge is 2.21. The predicted molar refractivity (Wildman–Crippen MR) is 132 cm³/mol. The van der Waals surface area contributed by atoms with E-state index in [9.17, 15) is 4.79 Å². The molecule has 2 aromatic rings. The van der Waals surface area contributed by atoms with Crippen molar-refractivity contribution in [2.45, 2.75) is 25.7 Å². The van der Waals surface area contributed by atoms with Gasteiger partial charge in [-0.05, 0) is 73.2 Å². The van der Waals surface area contributed by atoms with Gasteiger partial charge in [0.15, 0.2) is 28.8 Å². The molecule has 7 nitrogen and oxygen atoms in total. The molecule has 2 aromatic carbocycles. The summed E-state index contributed by atoms with van der Waals surface area (Å²) in [6.07, 6.45) is 7.05. The van der Waals surface area contributed by atoms with Gasteiger partial charge < -0.3 is 28.4 Å². The molecular formula is C27H32O7. The maximum absolute atomic E-state index is 13.5. The van der Waals surface area contributed by atoms with Crippen LogP contribution < -0.4 is 28.4 Å². The Morgan fingerprint density at radius 3 is 1.15 bits per heavy atom. The molecular weight excluding hydrogens is 436 g/mol. The predicted octanol–water partition coefficient (Wildman–Crippen LogP) is 5.35. The third-order valence-electron chi connectivity index (χ3n) is 5.78. The number of allylic oxidation sites excluding steroid dienone is 2. The smallest absolute Gasteiger partial charge is 0.203 e. The van der Waals surface area contributed by atoms with Gasteiger partial charge in [-0.1, -0.05) is 0 Å². The van der Waals surface area contributed by atoms with Crippen LogP contribution in [0.25, 0.3) is 12.2 Å². The molecule has 0 aliphatic heterocycles. The molecule has 34 heavy (non-hydrogen) atoms. The highest BCUT2D eigenvalue weighted by atomic mass is 16.5. The summed E-state index contributed by atoms with van der Waals surface area (Å²) >= 11 is 0. The van der Waals surface area contributed by atoms with Gasteiger partial charge in [0.1, 0.15) is 0 Å². The van der Waals surface area contributed by atoms with Gasteiger partial charge in [-0.25, -0.2) is 0 Å². The maximum Gasteiger partial charge on any atom is 0.203 e.